The molecular weight excluding hydrogens is 354 g/mol. The molecule has 7 heteroatoms. The van der Waals surface area contributed by atoms with E-state index in [1.807, 2.05) is 6.92 Å². The molecule has 0 radical (unpaired) electrons. The van der Waals surface area contributed by atoms with E-state index >= 15 is 0 Å². The quantitative estimate of drug-likeness (QED) is 0.594. The van der Waals surface area contributed by atoms with Crippen LogP contribution in [0.4, 0.5) is 0 Å². The molecule has 0 atom stereocenters. The molecule has 6 nitrogen and oxygen atoms in total. The third-order valence-corrected chi connectivity index (χ3v) is 4.91. The first-order valence-electron chi connectivity index (χ1n) is 7.98. The highest BCUT2D eigenvalue weighted by Crippen LogP contribution is 2.20. The van der Waals surface area contributed by atoms with Crippen LogP contribution in [0.25, 0.3) is 5.57 Å². The van der Waals surface area contributed by atoms with Crippen molar-refractivity contribution in [1.82, 2.24) is 4.72 Å². The zero-order valence-electron chi connectivity index (χ0n) is 14.9. The number of esters is 1. The van der Waals surface area contributed by atoms with Crippen molar-refractivity contribution >= 4 is 21.6 Å². The SMILES string of the molecule is CCOC(=O)/C(=C\NS(=O)(=O)c1ccc(C)cc1)c1ccc(OC)cc1. The summed E-state index contributed by atoms with van der Waals surface area (Å²) in [4.78, 5) is 12.3. The number of nitrogens with one attached hydrogen (secondary N) is 1. The number of sulfonamides is 1. The number of rotatable bonds is 7. The molecule has 0 fully saturated rings. The number of ether oxygens (including phenoxy) is 2. The molecule has 0 aliphatic carbocycles. The first-order valence-corrected chi connectivity index (χ1v) is 9.46. The van der Waals surface area contributed by atoms with E-state index in [1.54, 1.807) is 43.3 Å². The lowest BCUT2D eigenvalue weighted by molar-refractivity contribution is -0.136. The van der Waals surface area contributed by atoms with E-state index in [-0.39, 0.29) is 17.1 Å². The first kappa shape index (κ1) is 19.5. The highest BCUT2D eigenvalue weighted by Gasteiger charge is 2.17. The second-order valence-electron chi connectivity index (χ2n) is 5.44. The summed E-state index contributed by atoms with van der Waals surface area (Å²) in [6.07, 6.45) is 1.15. The molecule has 0 aliphatic heterocycles. The predicted octanol–water partition coefficient (Wildman–Crippen LogP) is 2.89. The minimum Gasteiger partial charge on any atom is -0.497 e. The average Bonchev–Trinajstić information content (AvgIpc) is 2.63. The third kappa shape index (κ3) is 4.86. The highest BCUT2D eigenvalue weighted by atomic mass is 32.2. The topological polar surface area (TPSA) is 81.7 Å². The van der Waals surface area contributed by atoms with Crippen LogP contribution in [-0.4, -0.2) is 28.1 Å². The molecule has 2 aromatic rings. The Morgan fingerprint density at radius 3 is 2.23 bits per heavy atom. The second-order valence-corrected chi connectivity index (χ2v) is 7.16. The number of benzene rings is 2. The van der Waals surface area contributed by atoms with Crippen molar-refractivity contribution < 1.29 is 22.7 Å². The van der Waals surface area contributed by atoms with Gasteiger partial charge in [-0.1, -0.05) is 29.8 Å². The van der Waals surface area contributed by atoms with Crippen molar-refractivity contribution in [3.05, 3.63) is 65.9 Å². The van der Waals surface area contributed by atoms with Crippen LogP contribution in [0.15, 0.2) is 59.6 Å². The summed E-state index contributed by atoms with van der Waals surface area (Å²) >= 11 is 0. The Morgan fingerprint density at radius 2 is 1.69 bits per heavy atom. The summed E-state index contributed by atoms with van der Waals surface area (Å²) in [5, 5.41) is 0. The molecule has 138 valence electrons. The molecule has 0 aliphatic rings. The molecule has 0 unspecified atom stereocenters. The minimum atomic E-state index is -3.80. The molecular formula is C19H21NO5S. The van der Waals surface area contributed by atoms with Gasteiger partial charge in [0.05, 0.1) is 24.2 Å². The van der Waals surface area contributed by atoms with Crippen molar-refractivity contribution in [2.24, 2.45) is 0 Å². The maximum absolute atomic E-state index is 12.4. The van der Waals surface area contributed by atoms with E-state index in [0.717, 1.165) is 11.8 Å². The fourth-order valence-electron chi connectivity index (χ4n) is 2.16. The van der Waals surface area contributed by atoms with E-state index in [4.69, 9.17) is 9.47 Å². The summed E-state index contributed by atoms with van der Waals surface area (Å²) in [5.74, 6) is 0.00136. The van der Waals surface area contributed by atoms with Crippen LogP contribution in [0, 0.1) is 6.92 Å². The number of hydrogen-bond acceptors (Lipinski definition) is 5. The Bertz CT molecular complexity index is 885. The molecule has 26 heavy (non-hydrogen) atoms. The second kappa shape index (κ2) is 8.53. The monoisotopic (exact) mass is 375 g/mol. The Hall–Kier alpha value is -2.80. The number of carbonyl (C=O) groups is 1. The number of aryl methyl sites for hydroxylation is 1. The van der Waals surface area contributed by atoms with Gasteiger partial charge in [0.15, 0.2) is 0 Å². The average molecular weight is 375 g/mol. The summed E-state index contributed by atoms with van der Waals surface area (Å²) in [6.45, 7) is 3.73. The van der Waals surface area contributed by atoms with Gasteiger partial charge in [-0.25, -0.2) is 13.2 Å². The van der Waals surface area contributed by atoms with E-state index in [2.05, 4.69) is 4.72 Å². The van der Waals surface area contributed by atoms with E-state index in [1.165, 1.54) is 19.2 Å². The lowest BCUT2D eigenvalue weighted by atomic mass is 10.1. The van der Waals surface area contributed by atoms with Gasteiger partial charge in [-0.2, -0.15) is 0 Å². The van der Waals surface area contributed by atoms with Crippen LogP contribution in [0.1, 0.15) is 18.1 Å². The number of carbonyl (C=O) groups excluding carboxylic acids is 1. The zero-order chi connectivity index (χ0) is 19.2. The van der Waals surface area contributed by atoms with E-state index in [0.29, 0.717) is 11.3 Å². The van der Waals surface area contributed by atoms with Crippen molar-refractivity contribution in [3.8, 4) is 5.75 Å². The maximum atomic E-state index is 12.4. The van der Waals surface area contributed by atoms with Gasteiger partial charge in [-0.15, -0.1) is 0 Å². The Balaban J connectivity index is 2.34. The molecule has 0 aromatic heterocycles. The maximum Gasteiger partial charge on any atom is 0.340 e. The van der Waals surface area contributed by atoms with Gasteiger partial charge in [0.25, 0.3) is 10.0 Å². The van der Waals surface area contributed by atoms with Crippen LogP contribution >= 0.6 is 0 Å². The lowest BCUT2D eigenvalue weighted by Gasteiger charge is -2.10. The summed E-state index contributed by atoms with van der Waals surface area (Å²) in [6, 6.07) is 13.1. The lowest BCUT2D eigenvalue weighted by Crippen LogP contribution is -2.20. The molecule has 0 bridgehead atoms. The standard InChI is InChI=1S/C19H21NO5S/c1-4-25-19(21)18(15-7-9-16(24-3)10-8-15)13-20-26(22,23)17-11-5-14(2)6-12-17/h5-13,20H,4H2,1-3H3/b18-13-. The van der Waals surface area contributed by atoms with Crippen LogP contribution in [0.2, 0.25) is 0 Å². The van der Waals surface area contributed by atoms with Crippen LogP contribution in [0.5, 0.6) is 5.75 Å². The Labute approximate surface area is 153 Å². The van der Waals surface area contributed by atoms with Crippen molar-refractivity contribution in [1.29, 1.82) is 0 Å². The van der Waals surface area contributed by atoms with E-state index in [9.17, 15) is 13.2 Å². The largest absolute Gasteiger partial charge is 0.497 e. The molecule has 1 N–H and O–H groups in total. The van der Waals surface area contributed by atoms with Crippen LogP contribution in [0.3, 0.4) is 0 Å². The van der Waals surface area contributed by atoms with Gasteiger partial charge >= 0.3 is 5.97 Å². The van der Waals surface area contributed by atoms with Crippen molar-refractivity contribution in [3.63, 3.8) is 0 Å². The molecule has 0 saturated carbocycles. The van der Waals surface area contributed by atoms with Crippen molar-refractivity contribution in [2.75, 3.05) is 13.7 Å². The highest BCUT2D eigenvalue weighted by molar-refractivity contribution is 7.89. The van der Waals surface area contributed by atoms with Crippen LogP contribution in [-0.2, 0) is 19.6 Å². The Kier molecular flexibility index (Phi) is 6.41. The van der Waals surface area contributed by atoms with Gasteiger partial charge in [0.2, 0.25) is 0 Å². The summed E-state index contributed by atoms with van der Waals surface area (Å²) in [7, 11) is -2.27. The zero-order valence-corrected chi connectivity index (χ0v) is 15.7. The smallest absolute Gasteiger partial charge is 0.340 e. The van der Waals surface area contributed by atoms with Gasteiger partial charge in [-0.3, -0.25) is 4.72 Å². The normalized spacial score (nSPS) is 11.7. The molecule has 2 rings (SSSR count). The van der Waals surface area contributed by atoms with Gasteiger partial charge in [-0.05, 0) is 43.7 Å². The molecule has 0 amide bonds. The van der Waals surface area contributed by atoms with Gasteiger partial charge in [0.1, 0.15) is 5.75 Å². The fraction of sp³-hybridized carbons (Fsp3) is 0.211. The van der Waals surface area contributed by atoms with Gasteiger partial charge < -0.3 is 9.47 Å². The Morgan fingerprint density at radius 1 is 1.08 bits per heavy atom. The number of hydrogen-bond donors (Lipinski definition) is 1. The number of methoxy groups -OCH3 is 1. The molecule has 0 saturated heterocycles. The molecule has 0 heterocycles. The molecule has 2 aromatic carbocycles. The van der Waals surface area contributed by atoms with Gasteiger partial charge in [0, 0.05) is 6.20 Å². The third-order valence-electron chi connectivity index (χ3n) is 3.59. The molecule has 0 spiro atoms. The first-order chi connectivity index (χ1) is 12.4. The fourth-order valence-corrected chi connectivity index (χ4v) is 3.06. The predicted molar refractivity (Wildman–Crippen MR) is 99.1 cm³/mol. The summed E-state index contributed by atoms with van der Waals surface area (Å²) in [5.41, 5.74) is 1.56. The van der Waals surface area contributed by atoms with Crippen molar-refractivity contribution in [2.45, 2.75) is 18.7 Å². The van der Waals surface area contributed by atoms with E-state index < -0.39 is 16.0 Å². The van der Waals surface area contributed by atoms with Crippen LogP contribution < -0.4 is 9.46 Å². The minimum absolute atomic E-state index is 0.102. The summed E-state index contributed by atoms with van der Waals surface area (Å²) < 4.78 is 37.3.